The molecule has 50 heavy (non-hydrogen) atoms. The lowest BCUT2D eigenvalue weighted by atomic mass is 9.84. The van der Waals surface area contributed by atoms with Crippen LogP contribution in [0.2, 0.25) is 0 Å². The number of fused-ring (bicyclic) bond motifs is 2. The van der Waals surface area contributed by atoms with E-state index < -0.39 is 30.1 Å². The van der Waals surface area contributed by atoms with Crippen LogP contribution in [0, 0.1) is 13.8 Å². The third-order valence-corrected chi connectivity index (χ3v) is 9.46. The maximum atomic E-state index is 12.2. The molecule has 0 bridgehead atoms. The Morgan fingerprint density at radius 1 is 0.620 bits per heavy atom. The highest BCUT2D eigenvalue weighted by Gasteiger charge is 2.32. The highest BCUT2D eigenvalue weighted by atomic mass is 16.6. The predicted molar refractivity (Wildman–Crippen MR) is 205 cm³/mol. The summed E-state index contributed by atoms with van der Waals surface area (Å²) in [5, 5.41) is 4.37. The second-order valence-corrected chi connectivity index (χ2v) is 12.6. The van der Waals surface area contributed by atoms with Crippen molar-refractivity contribution in [2.75, 3.05) is 4.90 Å². The van der Waals surface area contributed by atoms with Crippen LogP contribution < -0.4 is 4.90 Å². The van der Waals surface area contributed by atoms with Crippen LogP contribution in [0.1, 0.15) is 36.5 Å². The molecule has 6 rings (SSSR count). The molecule has 0 heterocycles. The van der Waals surface area contributed by atoms with Crippen molar-refractivity contribution in [2.45, 2.75) is 45.8 Å². The van der Waals surface area contributed by atoms with Crippen molar-refractivity contribution in [2.24, 2.45) is 0 Å². The molecule has 0 radical (unpaired) electrons. The zero-order valence-electron chi connectivity index (χ0n) is 28.9. The van der Waals surface area contributed by atoms with E-state index in [9.17, 15) is 9.59 Å². The van der Waals surface area contributed by atoms with Crippen LogP contribution in [0.25, 0.3) is 32.7 Å². The SMILES string of the molecule is C=CC(=O)OC(C)C(c1ccc(-c2ccc(N(c3ccc(C)c(C)c3)c3cccc4ccccc34)cc2)c2ccccc12)C(C)OC(=O)C=C. The number of aryl methyl sites for hydroxylation is 2. The summed E-state index contributed by atoms with van der Waals surface area (Å²) < 4.78 is 11.4. The van der Waals surface area contributed by atoms with Gasteiger partial charge in [-0.1, -0.05) is 104 Å². The first-order valence-electron chi connectivity index (χ1n) is 16.8. The summed E-state index contributed by atoms with van der Waals surface area (Å²) >= 11 is 0. The molecule has 0 saturated heterocycles. The molecule has 6 aromatic carbocycles. The van der Waals surface area contributed by atoms with Gasteiger partial charge in [-0.25, -0.2) is 9.59 Å². The molecule has 0 saturated carbocycles. The number of ether oxygens (including phenoxy) is 2. The molecule has 2 unspecified atom stereocenters. The molecule has 0 spiro atoms. The number of benzene rings is 6. The molecule has 5 heteroatoms. The zero-order valence-corrected chi connectivity index (χ0v) is 28.9. The van der Waals surface area contributed by atoms with Crippen LogP contribution in [0.3, 0.4) is 0 Å². The third-order valence-electron chi connectivity index (χ3n) is 9.46. The lowest BCUT2D eigenvalue weighted by Gasteiger charge is -2.30. The number of anilines is 3. The van der Waals surface area contributed by atoms with Crippen molar-refractivity contribution in [3.63, 3.8) is 0 Å². The molecule has 5 nitrogen and oxygen atoms in total. The first-order chi connectivity index (χ1) is 24.2. The van der Waals surface area contributed by atoms with Gasteiger partial charge in [-0.05, 0) is 102 Å². The van der Waals surface area contributed by atoms with Crippen molar-refractivity contribution in [1.29, 1.82) is 0 Å². The van der Waals surface area contributed by atoms with Crippen molar-refractivity contribution in [3.8, 4) is 11.1 Å². The van der Waals surface area contributed by atoms with E-state index in [2.05, 4.69) is 135 Å². The largest absolute Gasteiger partial charge is 0.459 e. The van der Waals surface area contributed by atoms with Crippen molar-refractivity contribution >= 4 is 50.5 Å². The summed E-state index contributed by atoms with van der Waals surface area (Å²) in [5.74, 6) is -1.52. The lowest BCUT2D eigenvalue weighted by molar-refractivity contribution is -0.149. The highest BCUT2D eigenvalue weighted by molar-refractivity contribution is 6.01. The van der Waals surface area contributed by atoms with Crippen LogP contribution in [-0.4, -0.2) is 24.1 Å². The number of nitrogens with zero attached hydrogens (tertiary/aromatic N) is 1. The number of hydrogen-bond acceptors (Lipinski definition) is 5. The van der Waals surface area contributed by atoms with Gasteiger partial charge in [-0.3, -0.25) is 0 Å². The van der Waals surface area contributed by atoms with E-state index in [1.165, 1.54) is 21.9 Å². The molecule has 250 valence electrons. The Balaban J connectivity index is 1.44. The van der Waals surface area contributed by atoms with E-state index in [0.717, 1.165) is 56.7 Å². The van der Waals surface area contributed by atoms with Gasteiger partial charge in [0.25, 0.3) is 0 Å². The molecular formula is C45H41NO4. The summed E-state index contributed by atoms with van der Waals surface area (Å²) in [5.41, 5.74) is 8.76. The average Bonchev–Trinajstić information content (AvgIpc) is 3.13. The Morgan fingerprint density at radius 3 is 1.84 bits per heavy atom. The van der Waals surface area contributed by atoms with E-state index in [1.54, 1.807) is 0 Å². The quantitative estimate of drug-likeness (QED) is 0.102. The molecule has 0 aromatic heterocycles. The fourth-order valence-electron chi connectivity index (χ4n) is 6.85. The third kappa shape index (κ3) is 6.81. The summed E-state index contributed by atoms with van der Waals surface area (Å²) in [4.78, 5) is 26.8. The van der Waals surface area contributed by atoms with Gasteiger partial charge < -0.3 is 14.4 Å². The monoisotopic (exact) mass is 659 g/mol. The number of esters is 2. The Bertz CT molecular complexity index is 2180. The smallest absolute Gasteiger partial charge is 0.330 e. The van der Waals surface area contributed by atoms with E-state index >= 15 is 0 Å². The van der Waals surface area contributed by atoms with Crippen molar-refractivity contribution in [3.05, 3.63) is 163 Å². The van der Waals surface area contributed by atoms with Crippen LogP contribution in [0.5, 0.6) is 0 Å². The summed E-state index contributed by atoms with van der Waals surface area (Å²) in [6.07, 6.45) is 1.07. The van der Waals surface area contributed by atoms with E-state index in [1.807, 2.05) is 32.0 Å². The van der Waals surface area contributed by atoms with Crippen LogP contribution in [0.15, 0.2) is 147 Å². The van der Waals surface area contributed by atoms with Gasteiger partial charge in [-0.2, -0.15) is 0 Å². The lowest BCUT2D eigenvalue weighted by Crippen LogP contribution is -2.32. The van der Waals surface area contributed by atoms with E-state index in [0.29, 0.717) is 0 Å². The Morgan fingerprint density at radius 2 is 1.20 bits per heavy atom. The fraction of sp³-hybridized carbons (Fsp3) is 0.156. The Kier molecular flexibility index (Phi) is 9.96. The molecule has 0 N–H and O–H groups in total. The zero-order chi connectivity index (χ0) is 35.4. The summed E-state index contributed by atoms with van der Waals surface area (Å²) in [6.45, 7) is 15.0. The topological polar surface area (TPSA) is 55.8 Å². The predicted octanol–water partition coefficient (Wildman–Crippen LogP) is 11.1. The number of hydrogen-bond donors (Lipinski definition) is 0. The molecule has 0 aliphatic carbocycles. The number of rotatable bonds is 11. The standard InChI is InChI=1S/C45H41NO4/c1-7-43(47)49-31(5)45(32(6)50-44(48)8-2)41-27-26-37(39-17-11-12-18-40(39)41)34-21-24-35(25-22-34)46(36-23-20-29(3)30(4)28-36)42-19-13-15-33-14-9-10-16-38(33)42/h7-28,31-32,45H,1-2H2,3-6H3. The second-order valence-electron chi connectivity index (χ2n) is 12.6. The van der Waals surface area contributed by atoms with E-state index in [4.69, 9.17) is 9.47 Å². The van der Waals surface area contributed by atoms with Gasteiger partial charge in [0.15, 0.2) is 0 Å². The minimum Gasteiger partial charge on any atom is -0.459 e. The molecule has 0 amide bonds. The molecule has 2 atom stereocenters. The molecule has 0 fully saturated rings. The van der Waals surface area contributed by atoms with Crippen LogP contribution in [-0.2, 0) is 19.1 Å². The van der Waals surface area contributed by atoms with Gasteiger partial charge >= 0.3 is 11.9 Å². The summed E-state index contributed by atoms with van der Waals surface area (Å²) in [7, 11) is 0. The van der Waals surface area contributed by atoms with Gasteiger partial charge in [0, 0.05) is 28.9 Å². The average molecular weight is 660 g/mol. The van der Waals surface area contributed by atoms with Gasteiger partial charge in [0.05, 0.1) is 11.6 Å². The molecule has 6 aromatic rings. The first-order valence-corrected chi connectivity index (χ1v) is 16.8. The first kappa shape index (κ1) is 33.9. The highest BCUT2D eigenvalue weighted by Crippen LogP contribution is 2.42. The number of carbonyl (C=O) groups is 2. The molecule has 0 aliphatic rings. The van der Waals surface area contributed by atoms with Crippen molar-refractivity contribution in [1.82, 2.24) is 0 Å². The van der Waals surface area contributed by atoms with Gasteiger partial charge in [-0.15, -0.1) is 0 Å². The fourth-order valence-corrected chi connectivity index (χ4v) is 6.85. The maximum absolute atomic E-state index is 12.2. The second kappa shape index (κ2) is 14.7. The van der Waals surface area contributed by atoms with Gasteiger partial charge in [0.1, 0.15) is 12.2 Å². The minimum absolute atomic E-state index is 0.448. The van der Waals surface area contributed by atoms with Crippen LogP contribution in [0.4, 0.5) is 17.1 Å². The minimum atomic E-state index is -0.605. The van der Waals surface area contributed by atoms with Gasteiger partial charge in [0.2, 0.25) is 0 Å². The maximum Gasteiger partial charge on any atom is 0.330 e. The Labute approximate surface area is 294 Å². The normalized spacial score (nSPS) is 12.9. The van der Waals surface area contributed by atoms with Crippen molar-refractivity contribution < 1.29 is 19.1 Å². The van der Waals surface area contributed by atoms with Crippen LogP contribution >= 0.6 is 0 Å². The Hall–Kier alpha value is -5.94. The number of carbonyl (C=O) groups excluding carboxylic acids is 2. The van der Waals surface area contributed by atoms with E-state index in [-0.39, 0.29) is 0 Å². The molecular weight excluding hydrogens is 618 g/mol. The summed E-state index contributed by atoms with van der Waals surface area (Å²) in [6, 6.07) is 42.5. The molecule has 0 aliphatic heterocycles.